The van der Waals surface area contributed by atoms with Gasteiger partial charge in [0.15, 0.2) is 0 Å². The molecule has 0 saturated carbocycles. The van der Waals surface area contributed by atoms with Crippen LogP contribution in [-0.4, -0.2) is 66.3 Å². The lowest BCUT2D eigenvalue weighted by Gasteiger charge is -2.45. The van der Waals surface area contributed by atoms with E-state index >= 15 is 0 Å². The van der Waals surface area contributed by atoms with Gasteiger partial charge in [0.2, 0.25) is 0 Å². The average molecular weight is 376 g/mol. The van der Waals surface area contributed by atoms with Crippen LogP contribution >= 0.6 is 11.3 Å². The van der Waals surface area contributed by atoms with Gasteiger partial charge in [-0.3, -0.25) is 9.80 Å². The number of aliphatic hydroxyl groups is 1. The molecular weight excluding hydrogens is 349 g/mol. The normalized spacial score (nSPS) is 25.5. The Morgan fingerprint density at radius 2 is 1.88 bits per heavy atom. The number of benzene rings is 1. The number of thiophene rings is 1. The summed E-state index contributed by atoms with van der Waals surface area (Å²) < 4.78 is 14.0. The number of β-amino-alcohol motifs (C(OH)–C–C–N with tert-alkyl or cyclic N) is 1. The molecule has 2 aliphatic rings. The number of halogens is 1. The summed E-state index contributed by atoms with van der Waals surface area (Å²) in [5.41, 5.74) is 2.03. The van der Waals surface area contributed by atoms with E-state index in [-0.39, 0.29) is 18.0 Å². The topological polar surface area (TPSA) is 30.0 Å². The molecule has 0 amide bonds. The SMILES string of the molecule is O[C@@H]1CN(Cc2ccsc2)CC[C@H]1N1CCN(c2ccccc2F)CC1. The maximum Gasteiger partial charge on any atom is 0.146 e. The third-order valence-corrected chi connectivity index (χ3v) is 6.33. The number of piperidine rings is 1. The van der Waals surface area contributed by atoms with E-state index in [4.69, 9.17) is 0 Å². The zero-order valence-corrected chi connectivity index (χ0v) is 15.7. The van der Waals surface area contributed by atoms with Crippen LogP contribution in [0, 0.1) is 5.82 Å². The lowest BCUT2D eigenvalue weighted by molar-refractivity contribution is -0.0171. The van der Waals surface area contributed by atoms with Crippen LogP contribution in [0.2, 0.25) is 0 Å². The van der Waals surface area contributed by atoms with E-state index < -0.39 is 0 Å². The number of aliphatic hydroxyl groups excluding tert-OH is 1. The Balaban J connectivity index is 1.30. The van der Waals surface area contributed by atoms with Crippen LogP contribution in [0.4, 0.5) is 10.1 Å². The van der Waals surface area contributed by atoms with Gasteiger partial charge in [-0.25, -0.2) is 4.39 Å². The van der Waals surface area contributed by atoms with Gasteiger partial charge < -0.3 is 10.0 Å². The molecule has 1 N–H and O–H groups in total. The van der Waals surface area contributed by atoms with Gasteiger partial charge in [-0.05, 0) is 40.9 Å². The highest BCUT2D eigenvalue weighted by Gasteiger charge is 2.33. The maximum absolute atomic E-state index is 14.0. The Hall–Kier alpha value is -1.47. The van der Waals surface area contributed by atoms with Crippen LogP contribution < -0.4 is 4.90 Å². The number of likely N-dealkylation sites (tertiary alicyclic amines) is 1. The Bertz CT molecular complexity index is 703. The van der Waals surface area contributed by atoms with E-state index in [0.29, 0.717) is 5.69 Å². The minimum absolute atomic E-state index is 0.150. The molecular formula is C20H26FN3OS. The van der Waals surface area contributed by atoms with Crippen LogP contribution in [0.15, 0.2) is 41.1 Å². The molecule has 0 aliphatic carbocycles. The first-order chi connectivity index (χ1) is 12.7. The van der Waals surface area contributed by atoms with Crippen molar-refractivity contribution < 1.29 is 9.50 Å². The lowest BCUT2D eigenvalue weighted by Crippen LogP contribution is -2.58. The molecule has 0 unspecified atom stereocenters. The molecule has 6 heteroatoms. The molecule has 2 saturated heterocycles. The second-order valence-electron chi connectivity index (χ2n) is 7.26. The van der Waals surface area contributed by atoms with Crippen molar-refractivity contribution in [2.75, 3.05) is 44.2 Å². The van der Waals surface area contributed by atoms with Crippen molar-refractivity contribution in [1.29, 1.82) is 0 Å². The van der Waals surface area contributed by atoms with Gasteiger partial charge >= 0.3 is 0 Å². The summed E-state index contributed by atoms with van der Waals surface area (Å²) >= 11 is 1.72. The molecule has 1 aromatic heterocycles. The van der Waals surface area contributed by atoms with Crippen molar-refractivity contribution in [3.8, 4) is 0 Å². The molecule has 0 bridgehead atoms. The predicted molar refractivity (Wildman–Crippen MR) is 104 cm³/mol. The summed E-state index contributed by atoms with van der Waals surface area (Å²) in [6.45, 7) is 6.04. The van der Waals surface area contributed by atoms with Crippen molar-refractivity contribution in [1.82, 2.24) is 9.80 Å². The molecule has 0 spiro atoms. The number of anilines is 1. The first kappa shape index (κ1) is 17.9. The number of hydrogen-bond donors (Lipinski definition) is 1. The van der Waals surface area contributed by atoms with E-state index in [1.807, 2.05) is 12.1 Å². The summed E-state index contributed by atoms with van der Waals surface area (Å²) in [7, 11) is 0. The number of para-hydroxylation sites is 1. The van der Waals surface area contributed by atoms with Gasteiger partial charge in [-0.2, -0.15) is 11.3 Å². The highest BCUT2D eigenvalue weighted by Crippen LogP contribution is 2.24. The average Bonchev–Trinajstić information content (AvgIpc) is 3.16. The maximum atomic E-state index is 14.0. The number of piperazine rings is 1. The van der Waals surface area contributed by atoms with E-state index in [9.17, 15) is 9.50 Å². The number of nitrogens with zero attached hydrogens (tertiary/aromatic N) is 3. The summed E-state index contributed by atoms with van der Waals surface area (Å²) in [5.74, 6) is -0.150. The van der Waals surface area contributed by atoms with E-state index in [2.05, 4.69) is 31.5 Å². The van der Waals surface area contributed by atoms with Gasteiger partial charge in [0.1, 0.15) is 5.82 Å². The highest BCUT2D eigenvalue weighted by atomic mass is 32.1. The number of hydrogen-bond acceptors (Lipinski definition) is 5. The van der Waals surface area contributed by atoms with Gasteiger partial charge in [-0.1, -0.05) is 12.1 Å². The standard InChI is InChI=1S/C20H26FN3OS/c21-17-3-1-2-4-18(17)23-8-10-24(11-9-23)19-5-7-22(14-20(19)25)13-16-6-12-26-15-16/h1-4,6,12,15,19-20,25H,5,7-11,13-14H2/t19-,20-/m1/s1. The van der Waals surface area contributed by atoms with Crippen molar-refractivity contribution in [2.45, 2.75) is 25.1 Å². The largest absolute Gasteiger partial charge is 0.390 e. The monoisotopic (exact) mass is 375 g/mol. The molecule has 2 aromatic rings. The van der Waals surface area contributed by atoms with Crippen LogP contribution in [0.5, 0.6) is 0 Å². The fourth-order valence-corrected chi connectivity index (χ4v) is 4.86. The van der Waals surface area contributed by atoms with Crippen molar-refractivity contribution in [3.05, 3.63) is 52.5 Å². The summed E-state index contributed by atoms with van der Waals surface area (Å²) in [6.07, 6.45) is 0.674. The van der Waals surface area contributed by atoms with Crippen LogP contribution in [0.25, 0.3) is 0 Å². The smallest absolute Gasteiger partial charge is 0.146 e. The summed E-state index contributed by atoms with van der Waals surface area (Å²) in [6, 6.07) is 9.37. The van der Waals surface area contributed by atoms with Crippen LogP contribution in [0.3, 0.4) is 0 Å². The third-order valence-electron chi connectivity index (χ3n) is 5.59. The molecule has 0 radical (unpaired) electrons. The molecule has 4 nitrogen and oxygen atoms in total. The fraction of sp³-hybridized carbons (Fsp3) is 0.500. The second kappa shape index (κ2) is 8.05. The van der Waals surface area contributed by atoms with Crippen LogP contribution in [0.1, 0.15) is 12.0 Å². The summed E-state index contributed by atoms with van der Waals surface area (Å²) in [5, 5.41) is 15.0. The first-order valence-corrected chi connectivity index (χ1v) is 10.3. The molecule has 2 atom stereocenters. The van der Waals surface area contributed by atoms with Gasteiger partial charge in [0.25, 0.3) is 0 Å². The lowest BCUT2D eigenvalue weighted by atomic mass is 9.98. The van der Waals surface area contributed by atoms with Crippen molar-refractivity contribution >= 4 is 17.0 Å². The zero-order chi connectivity index (χ0) is 17.9. The van der Waals surface area contributed by atoms with Gasteiger partial charge in [0, 0.05) is 51.9 Å². The van der Waals surface area contributed by atoms with Crippen molar-refractivity contribution in [2.24, 2.45) is 0 Å². The first-order valence-electron chi connectivity index (χ1n) is 9.36. The van der Waals surface area contributed by atoms with Gasteiger partial charge in [0.05, 0.1) is 11.8 Å². The Morgan fingerprint density at radius 1 is 1.08 bits per heavy atom. The molecule has 2 aliphatic heterocycles. The third kappa shape index (κ3) is 3.93. The molecule has 3 heterocycles. The summed E-state index contributed by atoms with van der Waals surface area (Å²) in [4.78, 5) is 6.85. The van der Waals surface area contributed by atoms with Crippen LogP contribution in [-0.2, 0) is 6.54 Å². The van der Waals surface area contributed by atoms with E-state index in [0.717, 1.165) is 52.2 Å². The Morgan fingerprint density at radius 3 is 2.58 bits per heavy atom. The number of rotatable bonds is 4. The minimum Gasteiger partial charge on any atom is -0.390 e. The molecule has 26 heavy (non-hydrogen) atoms. The second-order valence-corrected chi connectivity index (χ2v) is 8.04. The molecule has 4 rings (SSSR count). The zero-order valence-electron chi connectivity index (χ0n) is 14.9. The Kier molecular flexibility index (Phi) is 5.55. The molecule has 140 valence electrons. The predicted octanol–water partition coefficient (Wildman–Crippen LogP) is 2.64. The van der Waals surface area contributed by atoms with Gasteiger partial charge in [-0.15, -0.1) is 0 Å². The quantitative estimate of drug-likeness (QED) is 0.890. The fourth-order valence-electron chi connectivity index (χ4n) is 4.20. The van der Waals surface area contributed by atoms with E-state index in [1.54, 1.807) is 17.4 Å². The van der Waals surface area contributed by atoms with E-state index in [1.165, 1.54) is 11.6 Å². The van der Waals surface area contributed by atoms with Crippen molar-refractivity contribution in [3.63, 3.8) is 0 Å². The highest BCUT2D eigenvalue weighted by molar-refractivity contribution is 7.07. The Labute approximate surface area is 158 Å². The minimum atomic E-state index is -0.317. The molecule has 2 fully saturated rings. The molecule has 1 aromatic carbocycles.